The predicted molar refractivity (Wildman–Crippen MR) is 101 cm³/mol. The molecule has 3 aromatic rings. The Balaban J connectivity index is 1.26. The Bertz CT molecular complexity index is 1030. The van der Waals surface area contributed by atoms with Crippen molar-refractivity contribution in [2.45, 2.75) is 45.1 Å². The second-order valence-corrected chi connectivity index (χ2v) is 7.69. The fraction of sp³-hybridized carbons (Fsp3) is 0.526. The number of hydrogen-bond donors (Lipinski definition) is 0. The molecule has 1 aliphatic heterocycles. The standard InChI is InChI=1S/C19H23N7O/c1-13-20-21-17-5-6-18(23-26(13)17)24-10-8-14(9-11-24)12-25-19(27)7-4-16(22-25)15-2-3-15/h4-7,14-15H,2-3,8-12H2,1H3. The molecule has 2 fully saturated rings. The molecule has 27 heavy (non-hydrogen) atoms. The van der Waals surface area contributed by atoms with Crippen LogP contribution < -0.4 is 10.5 Å². The molecule has 4 heterocycles. The highest BCUT2D eigenvalue weighted by molar-refractivity contribution is 5.45. The van der Waals surface area contributed by atoms with Gasteiger partial charge in [0.15, 0.2) is 11.5 Å². The lowest BCUT2D eigenvalue weighted by Crippen LogP contribution is -2.37. The van der Waals surface area contributed by atoms with E-state index in [0.717, 1.165) is 48.9 Å². The minimum Gasteiger partial charge on any atom is -0.355 e. The molecule has 1 aliphatic carbocycles. The molecule has 0 N–H and O–H groups in total. The van der Waals surface area contributed by atoms with Crippen LogP contribution in [0.1, 0.15) is 43.1 Å². The lowest BCUT2D eigenvalue weighted by molar-refractivity contribution is 0.332. The molecular formula is C19H23N7O. The third kappa shape index (κ3) is 3.20. The molecule has 140 valence electrons. The highest BCUT2D eigenvalue weighted by Crippen LogP contribution is 2.38. The van der Waals surface area contributed by atoms with Gasteiger partial charge >= 0.3 is 0 Å². The molecule has 8 nitrogen and oxygen atoms in total. The zero-order valence-electron chi connectivity index (χ0n) is 15.5. The average molecular weight is 365 g/mol. The number of fused-ring (bicyclic) bond motifs is 1. The maximum absolute atomic E-state index is 12.2. The summed E-state index contributed by atoms with van der Waals surface area (Å²) in [6.45, 7) is 4.48. The van der Waals surface area contributed by atoms with Crippen molar-refractivity contribution in [2.24, 2.45) is 5.92 Å². The Kier molecular flexibility index (Phi) is 3.91. The quantitative estimate of drug-likeness (QED) is 0.701. The third-order valence-corrected chi connectivity index (χ3v) is 5.66. The van der Waals surface area contributed by atoms with Crippen LogP contribution in [0.4, 0.5) is 5.82 Å². The molecule has 0 spiro atoms. The largest absolute Gasteiger partial charge is 0.355 e. The molecule has 0 radical (unpaired) electrons. The minimum atomic E-state index is 0.0111. The van der Waals surface area contributed by atoms with Gasteiger partial charge in [0, 0.05) is 31.6 Å². The van der Waals surface area contributed by atoms with Crippen LogP contribution in [0.15, 0.2) is 29.1 Å². The highest BCUT2D eigenvalue weighted by Gasteiger charge is 2.26. The topological polar surface area (TPSA) is 81.2 Å². The van der Waals surface area contributed by atoms with Gasteiger partial charge in [-0.3, -0.25) is 4.79 Å². The predicted octanol–water partition coefficient (Wildman–Crippen LogP) is 1.78. The molecule has 0 bridgehead atoms. The Labute approximate surface area is 156 Å². The molecule has 1 saturated carbocycles. The van der Waals surface area contributed by atoms with Crippen molar-refractivity contribution in [2.75, 3.05) is 18.0 Å². The van der Waals surface area contributed by atoms with Crippen LogP contribution in [0.5, 0.6) is 0 Å². The van der Waals surface area contributed by atoms with Gasteiger partial charge < -0.3 is 4.90 Å². The average Bonchev–Trinajstić information content (AvgIpc) is 3.48. The normalized spacial score (nSPS) is 18.3. The molecule has 2 aliphatic rings. The van der Waals surface area contributed by atoms with E-state index in [1.54, 1.807) is 15.3 Å². The van der Waals surface area contributed by atoms with Gasteiger partial charge in [-0.25, -0.2) is 4.68 Å². The first-order valence-corrected chi connectivity index (χ1v) is 9.69. The summed E-state index contributed by atoms with van der Waals surface area (Å²) in [5.74, 6) is 2.79. The van der Waals surface area contributed by atoms with Crippen LogP contribution in [0.25, 0.3) is 5.65 Å². The molecule has 3 aromatic heterocycles. The van der Waals surface area contributed by atoms with Gasteiger partial charge in [-0.15, -0.1) is 15.3 Å². The summed E-state index contributed by atoms with van der Waals surface area (Å²) in [5.41, 5.74) is 1.86. The first-order valence-electron chi connectivity index (χ1n) is 9.69. The summed E-state index contributed by atoms with van der Waals surface area (Å²) >= 11 is 0. The van der Waals surface area contributed by atoms with E-state index in [2.05, 4.69) is 25.3 Å². The lowest BCUT2D eigenvalue weighted by atomic mass is 9.97. The van der Waals surface area contributed by atoms with Gasteiger partial charge in [0.2, 0.25) is 0 Å². The van der Waals surface area contributed by atoms with Crippen LogP contribution >= 0.6 is 0 Å². The van der Waals surface area contributed by atoms with E-state index in [1.807, 2.05) is 25.1 Å². The molecule has 0 aromatic carbocycles. The molecule has 8 heteroatoms. The summed E-state index contributed by atoms with van der Waals surface area (Å²) in [5, 5.41) is 17.4. The SMILES string of the molecule is Cc1nnc2ccc(N3CCC(Cn4nc(C5CC5)ccc4=O)CC3)nn12. The highest BCUT2D eigenvalue weighted by atomic mass is 16.1. The van der Waals surface area contributed by atoms with Gasteiger partial charge in [-0.1, -0.05) is 0 Å². The first-order chi connectivity index (χ1) is 13.2. The molecular weight excluding hydrogens is 342 g/mol. The number of aryl methyl sites for hydroxylation is 1. The summed E-state index contributed by atoms with van der Waals surface area (Å²) in [6.07, 6.45) is 4.46. The van der Waals surface area contributed by atoms with E-state index in [0.29, 0.717) is 18.4 Å². The fourth-order valence-electron chi connectivity index (χ4n) is 3.84. The van der Waals surface area contributed by atoms with Gasteiger partial charge in [-0.05, 0) is 56.7 Å². The Morgan fingerprint density at radius 2 is 1.81 bits per heavy atom. The van der Waals surface area contributed by atoms with Crippen LogP contribution in [0.2, 0.25) is 0 Å². The van der Waals surface area contributed by atoms with Crippen LogP contribution in [0.3, 0.4) is 0 Å². The summed E-state index contributed by atoms with van der Waals surface area (Å²) in [6, 6.07) is 7.54. The van der Waals surface area contributed by atoms with E-state index in [-0.39, 0.29) is 5.56 Å². The number of aromatic nitrogens is 6. The molecule has 1 saturated heterocycles. The van der Waals surface area contributed by atoms with Crippen LogP contribution in [-0.2, 0) is 6.54 Å². The molecule has 0 unspecified atom stereocenters. The van der Waals surface area contributed by atoms with E-state index < -0.39 is 0 Å². The van der Waals surface area contributed by atoms with E-state index in [1.165, 1.54) is 12.8 Å². The second kappa shape index (κ2) is 6.44. The Hall–Kier alpha value is -2.77. The van der Waals surface area contributed by atoms with Crippen molar-refractivity contribution in [1.29, 1.82) is 0 Å². The van der Waals surface area contributed by atoms with Gasteiger partial charge in [0.05, 0.1) is 5.69 Å². The van der Waals surface area contributed by atoms with E-state index in [9.17, 15) is 4.79 Å². The van der Waals surface area contributed by atoms with Crippen molar-refractivity contribution >= 4 is 11.5 Å². The van der Waals surface area contributed by atoms with Crippen molar-refractivity contribution in [1.82, 2.24) is 29.6 Å². The monoisotopic (exact) mass is 365 g/mol. The number of rotatable bonds is 4. The van der Waals surface area contributed by atoms with Crippen LogP contribution in [-0.4, -0.2) is 42.7 Å². The van der Waals surface area contributed by atoms with Crippen molar-refractivity contribution in [3.05, 3.63) is 46.1 Å². The first kappa shape index (κ1) is 16.4. The maximum Gasteiger partial charge on any atom is 0.266 e. The number of nitrogens with zero attached hydrogens (tertiary/aromatic N) is 7. The zero-order valence-corrected chi connectivity index (χ0v) is 15.5. The van der Waals surface area contributed by atoms with Crippen molar-refractivity contribution in [3.8, 4) is 0 Å². The Morgan fingerprint density at radius 1 is 1.00 bits per heavy atom. The minimum absolute atomic E-state index is 0.0111. The lowest BCUT2D eigenvalue weighted by Gasteiger charge is -2.32. The number of hydrogen-bond acceptors (Lipinski definition) is 6. The van der Waals surface area contributed by atoms with Gasteiger partial charge in [0.1, 0.15) is 5.82 Å². The molecule has 0 amide bonds. The molecule has 5 rings (SSSR count). The molecule has 0 atom stereocenters. The number of piperidine rings is 1. The van der Waals surface area contributed by atoms with E-state index >= 15 is 0 Å². The summed E-state index contributed by atoms with van der Waals surface area (Å²) in [7, 11) is 0. The van der Waals surface area contributed by atoms with Crippen molar-refractivity contribution in [3.63, 3.8) is 0 Å². The Morgan fingerprint density at radius 3 is 2.59 bits per heavy atom. The van der Waals surface area contributed by atoms with E-state index in [4.69, 9.17) is 0 Å². The van der Waals surface area contributed by atoms with Gasteiger partial charge in [-0.2, -0.15) is 9.61 Å². The second-order valence-electron chi connectivity index (χ2n) is 7.69. The van der Waals surface area contributed by atoms with Crippen LogP contribution in [0, 0.1) is 12.8 Å². The number of anilines is 1. The zero-order chi connectivity index (χ0) is 18.4. The third-order valence-electron chi connectivity index (χ3n) is 5.66. The smallest absolute Gasteiger partial charge is 0.266 e. The van der Waals surface area contributed by atoms with Crippen molar-refractivity contribution < 1.29 is 0 Å². The maximum atomic E-state index is 12.2. The summed E-state index contributed by atoms with van der Waals surface area (Å²) < 4.78 is 3.47. The van der Waals surface area contributed by atoms with Gasteiger partial charge in [0.25, 0.3) is 5.56 Å². The summed E-state index contributed by atoms with van der Waals surface area (Å²) in [4.78, 5) is 14.5. The fourth-order valence-corrected chi connectivity index (χ4v) is 3.84.